The van der Waals surface area contributed by atoms with Crippen LogP contribution in [0.2, 0.25) is 0 Å². The molecule has 0 aromatic carbocycles. The average molecular weight is 256 g/mol. The van der Waals surface area contributed by atoms with Gasteiger partial charge in [0.1, 0.15) is 0 Å². The molecule has 0 saturated carbocycles. The number of hydrogen-bond acceptors (Lipinski definition) is 3. The smallest absolute Gasteiger partial charge is 0.253 e. The topological polar surface area (TPSA) is 61.9 Å². The van der Waals surface area contributed by atoms with Gasteiger partial charge in [0.2, 0.25) is 0 Å². The number of aromatic nitrogens is 3. The third kappa shape index (κ3) is 2.50. The fraction of sp³-hybridized carbons (Fsp3) is 0.357. The molecular weight excluding hydrogens is 240 g/mol. The van der Waals surface area contributed by atoms with E-state index in [-0.39, 0.29) is 5.91 Å². The lowest BCUT2D eigenvalue weighted by Crippen LogP contribution is -2.39. The Balaban J connectivity index is 1.73. The molecule has 0 unspecified atom stereocenters. The van der Waals surface area contributed by atoms with E-state index in [9.17, 15) is 4.79 Å². The third-order valence-corrected chi connectivity index (χ3v) is 3.60. The zero-order valence-electron chi connectivity index (χ0n) is 10.6. The van der Waals surface area contributed by atoms with Crippen LogP contribution in [0.15, 0.2) is 36.8 Å². The van der Waals surface area contributed by atoms with Gasteiger partial charge < -0.3 is 4.90 Å². The second-order valence-electron chi connectivity index (χ2n) is 4.84. The molecule has 5 heteroatoms. The number of piperidine rings is 1. The Bertz CT molecular complexity index is 538. The molecule has 1 N–H and O–H groups in total. The standard InChI is InChI=1S/C14H16N4O/c19-14(11-3-6-15-7-4-11)18-9-1-2-12(10-18)13-5-8-16-17-13/h3-8,12H,1-2,9-10H2,(H,16,17)/t12-/m1/s1. The highest BCUT2D eigenvalue weighted by molar-refractivity contribution is 5.94. The number of carbonyl (C=O) groups excluding carboxylic acids is 1. The summed E-state index contributed by atoms with van der Waals surface area (Å²) in [6, 6.07) is 5.52. The number of rotatable bonds is 2. The van der Waals surface area contributed by atoms with E-state index in [0.717, 1.165) is 31.6 Å². The van der Waals surface area contributed by atoms with Crippen LogP contribution < -0.4 is 0 Å². The molecule has 3 heterocycles. The van der Waals surface area contributed by atoms with Gasteiger partial charge in [-0.15, -0.1) is 0 Å². The van der Waals surface area contributed by atoms with Crippen molar-refractivity contribution in [1.29, 1.82) is 0 Å². The quantitative estimate of drug-likeness (QED) is 0.891. The van der Waals surface area contributed by atoms with Gasteiger partial charge in [-0.05, 0) is 31.0 Å². The van der Waals surface area contributed by atoms with Crippen LogP contribution in [0.5, 0.6) is 0 Å². The maximum absolute atomic E-state index is 12.4. The fourth-order valence-corrected chi connectivity index (χ4v) is 2.59. The van der Waals surface area contributed by atoms with Crippen molar-refractivity contribution in [3.63, 3.8) is 0 Å². The SMILES string of the molecule is O=C(c1ccncc1)N1CCC[C@@H](c2ccn[nH]2)C1. The number of likely N-dealkylation sites (tertiary alicyclic amines) is 1. The van der Waals surface area contributed by atoms with Gasteiger partial charge in [0.05, 0.1) is 0 Å². The predicted molar refractivity (Wildman–Crippen MR) is 70.7 cm³/mol. The average Bonchev–Trinajstić information content (AvgIpc) is 3.02. The molecule has 5 nitrogen and oxygen atoms in total. The molecule has 1 atom stereocenters. The van der Waals surface area contributed by atoms with Gasteiger partial charge in [0.25, 0.3) is 5.91 Å². The minimum atomic E-state index is 0.0895. The lowest BCUT2D eigenvalue weighted by Gasteiger charge is -2.32. The normalized spacial score (nSPS) is 19.4. The van der Waals surface area contributed by atoms with Gasteiger partial charge in [0, 0.05) is 48.9 Å². The number of carbonyl (C=O) groups is 1. The van der Waals surface area contributed by atoms with E-state index in [0.29, 0.717) is 11.5 Å². The summed E-state index contributed by atoms with van der Waals surface area (Å²) >= 11 is 0. The van der Waals surface area contributed by atoms with Crippen LogP contribution in [-0.2, 0) is 0 Å². The zero-order valence-corrected chi connectivity index (χ0v) is 10.6. The predicted octanol–water partition coefficient (Wildman–Crippen LogP) is 1.82. The third-order valence-electron chi connectivity index (χ3n) is 3.60. The molecule has 1 aliphatic heterocycles. The summed E-state index contributed by atoms with van der Waals surface area (Å²) < 4.78 is 0. The first-order valence-electron chi connectivity index (χ1n) is 6.53. The van der Waals surface area contributed by atoms with Crippen molar-refractivity contribution in [2.45, 2.75) is 18.8 Å². The lowest BCUT2D eigenvalue weighted by molar-refractivity contribution is 0.0705. The zero-order chi connectivity index (χ0) is 13.1. The Labute approximate surface area is 111 Å². The first-order chi connectivity index (χ1) is 9.34. The molecule has 3 rings (SSSR count). The highest BCUT2D eigenvalue weighted by Crippen LogP contribution is 2.26. The summed E-state index contributed by atoms with van der Waals surface area (Å²) in [7, 11) is 0. The van der Waals surface area contributed by atoms with Crippen molar-refractivity contribution >= 4 is 5.91 Å². The van der Waals surface area contributed by atoms with Crippen LogP contribution in [-0.4, -0.2) is 39.1 Å². The summed E-state index contributed by atoms with van der Waals surface area (Å²) in [4.78, 5) is 18.3. The summed E-state index contributed by atoms with van der Waals surface area (Å²) in [5, 5.41) is 7.00. The molecule has 0 spiro atoms. The number of nitrogens with zero attached hydrogens (tertiary/aromatic N) is 3. The first kappa shape index (κ1) is 11.9. The minimum Gasteiger partial charge on any atom is -0.338 e. The van der Waals surface area contributed by atoms with Crippen molar-refractivity contribution in [3.8, 4) is 0 Å². The van der Waals surface area contributed by atoms with Gasteiger partial charge in [-0.1, -0.05) is 0 Å². The minimum absolute atomic E-state index is 0.0895. The van der Waals surface area contributed by atoms with E-state index in [1.165, 1.54) is 0 Å². The van der Waals surface area contributed by atoms with Gasteiger partial charge in [-0.3, -0.25) is 14.9 Å². The summed E-state index contributed by atoms with van der Waals surface area (Å²) in [6.45, 7) is 1.58. The highest BCUT2D eigenvalue weighted by Gasteiger charge is 2.26. The van der Waals surface area contributed by atoms with Crippen LogP contribution in [0.25, 0.3) is 0 Å². The van der Waals surface area contributed by atoms with Gasteiger partial charge in [0.15, 0.2) is 0 Å². The fourth-order valence-electron chi connectivity index (χ4n) is 2.59. The molecule has 2 aromatic rings. The largest absolute Gasteiger partial charge is 0.338 e. The Kier molecular flexibility index (Phi) is 3.27. The number of pyridine rings is 1. The lowest BCUT2D eigenvalue weighted by atomic mass is 9.94. The van der Waals surface area contributed by atoms with E-state index < -0.39 is 0 Å². The van der Waals surface area contributed by atoms with Crippen molar-refractivity contribution in [3.05, 3.63) is 48.0 Å². The molecule has 98 valence electrons. The maximum Gasteiger partial charge on any atom is 0.253 e. The number of aromatic amines is 1. The molecule has 2 aromatic heterocycles. The van der Waals surface area contributed by atoms with Crippen LogP contribution in [0.1, 0.15) is 34.8 Å². The van der Waals surface area contributed by atoms with Gasteiger partial charge in [-0.25, -0.2) is 0 Å². The van der Waals surface area contributed by atoms with Crippen molar-refractivity contribution in [2.75, 3.05) is 13.1 Å². The Hall–Kier alpha value is -2.17. The van der Waals surface area contributed by atoms with E-state index in [1.807, 2.05) is 11.0 Å². The Morgan fingerprint density at radius 1 is 1.26 bits per heavy atom. The van der Waals surface area contributed by atoms with Crippen molar-refractivity contribution < 1.29 is 4.79 Å². The molecule has 0 bridgehead atoms. The van der Waals surface area contributed by atoms with Gasteiger partial charge in [-0.2, -0.15) is 5.10 Å². The second kappa shape index (κ2) is 5.22. The van der Waals surface area contributed by atoms with E-state index in [4.69, 9.17) is 0 Å². The Morgan fingerprint density at radius 3 is 2.84 bits per heavy atom. The van der Waals surface area contributed by atoms with Gasteiger partial charge >= 0.3 is 0 Å². The molecule has 19 heavy (non-hydrogen) atoms. The summed E-state index contributed by atoms with van der Waals surface area (Å²) in [6.07, 6.45) is 7.20. The maximum atomic E-state index is 12.4. The molecule has 1 fully saturated rings. The van der Waals surface area contributed by atoms with Crippen molar-refractivity contribution in [2.24, 2.45) is 0 Å². The molecule has 1 amide bonds. The van der Waals surface area contributed by atoms with Crippen LogP contribution in [0.3, 0.4) is 0 Å². The van der Waals surface area contributed by atoms with E-state index in [1.54, 1.807) is 30.7 Å². The molecule has 0 aliphatic carbocycles. The van der Waals surface area contributed by atoms with E-state index >= 15 is 0 Å². The number of H-pyrrole nitrogens is 1. The molecule has 1 saturated heterocycles. The van der Waals surface area contributed by atoms with Crippen molar-refractivity contribution in [1.82, 2.24) is 20.1 Å². The number of nitrogens with one attached hydrogen (secondary N) is 1. The number of hydrogen-bond donors (Lipinski definition) is 1. The van der Waals surface area contributed by atoms with Crippen LogP contribution in [0.4, 0.5) is 0 Å². The first-order valence-corrected chi connectivity index (χ1v) is 6.53. The monoisotopic (exact) mass is 256 g/mol. The molecule has 1 aliphatic rings. The number of amides is 1. The molecule has 0 radical (unpaired) electrons. The highest BCUT2D eigenvalue weighted by atomic mass is 16.2. The second-order valence-corrected chi connectivity index (χ2v) is 4.84. The molecular formula is C14H16N4O. The van der Waals surface area contributed by atoms with Crippen LogP contribution >= 0.6 is 0 Å². The van der Waals surface area contributed by atoms with E-state index in [2.05, 4.69) is 15.2 Å². The Morgan fingerprint density at radius 2 is 2.11 bits per heavy atom. The summed E-state index contributed by atoms with van der Waals surface area (Å²) in [5.41, 5.74) is 1.83. The summed E-state index contributed by atoms with van der Waals surface area (Å²) in [5.74, 6) is 0.452. The van der Waals surface area contributed by atoms with Crippen LogP contribution in [0, 0.1) is 0 Å².